The van der Waals surface area contributed by atoms with Crippen molar-refractivity contribution in [3.8, 4) is 0 Å². The van der Waals surface area contributed by atoms with Crippen LogP contribution in [0.5, 0.6) is 0 Å². The van der Waals surface area contributed by atoms with E-state index in [4.69, 9.17) is 5.73 Å². The van der Waals surface area contributed by atoms with Gasteiger partial charge in [-0.25, -0.2) is 9.97 Å². The second-order valence-corrected chi connectivity index (χ2v) is 5.27. The van der Waals surface area contributed by atoms with E-state index >= 15 is 0 Å². The van der Waals surface area contributed by atoms with E-state index in [1.807, 2.05) is 18.2 Å². The van der Waals surface area contributed by atoms with Crippen molar-refractivity contribution in [1.29, 1.82) is 0 Å². The number of nitrogens with zero attached hydrogens (tertiary/aromatic N) is 3. The van der Waals surface area contributed by atoms with Crippen LogP contribution in [0, 0.1) is 13.8 Å². The second-order valence-electron chi connectivity index (χ2n) is 5.27. The molecule has 0 aliphatic heterocycles. The lowest BCUT2D eigenvalue weighted by molar-refractivity contribution is 1.17. The maximum absolute atomic E-state index is 6.18. The number of rotatable bonds is 4. The minimum Gasteiger partial charge on any atom is -0.393 e. The zero-order valence-electron chi connectivity index (χ0n) is 13.0. The zero-order chi connectivity index (χ0) is 16.2. The van der Waals surface area contributed by atoms with E-state index in [0.717, 1.165) is 11.4 Å². The molecule has 0 aliphatic rings. The minimum absolute atomic E-state index is 0.461. The SMILES string of the molecule is Cc1ccc(Nc2ncnc(Nc3ccncc3)c2N)cc1C. The Morgan fingerprint density at radius 2 is 1.48 bits per heavy atom. The highest BCUT2D eigenvalue weighted by Gasteiger charge is 2.09. The van der Waals surface area contributed by atoms with Gasteiger partial charge in [0.05, 0.1) is 0 Å². The highest BCUT2D eigenvalue weighted by Crippen LogP contribution is 2.28. The Bertz CT molecular complexity index is 817. The molecule has 6 nitrogen and oxygen atoms in total. The number of nitrogens with one attached hydrogen (secondary N) is 2. The molecule has 0 amide bonds. The van der Waals surface area contributed by atoms with Crippen LogP contribution in [0.25, 0.3) is 0 Å². The van der Waals surface area contributed by atoms with Crippen molar-refractivity contribution in [2.45, 2.75) is 13.8 Å². The molecule has 0 unspecified atom stereocenters. The van der Waals surface area contributed by atoms with Crippen LogP contribution in [0.3, 0.4) is 0 Å². The number of nitrogen functional groups attached to an aromatic ring is 1. The highest BCUT2D eigenvalue weighted by molar-refractivity contribution is 5.80. The van der Waals surface area contributed by atoms with Gasteiger partial charge >= 0.3 is 0 Å². The Morgan fingerprint density at radius 1 is 0.826 bits per heavy atom. The smallest absolute Gasteiger partial charge is 0.159 e. The van der Waals surface area contributed by atoms with E-state index in [0.29, 0.717) is 17.3 Å². The third-order valence-electron chi connectivity index (χ3n) is 3.60. The first-order valence-electron chi connectivity index (χ1n) is 7.25. The third kappa shape index (κ3) is 3.37. The van der Waals surface area contributed by atoms with Gasteiger partial charge in [-0.1, -0.05) is 6.07 Å². The number of aromatic nitrogens is 3. The average molecular weight is 306 g/mol. The lowest BCUT2D eigenvalue weighted by Gasteiger charge is -2.13. The van der Waals surface area contributed by atoms with Gasteiger partial charge < -0.3 is 16.4 Å². The molecule has 3 aromatic rings. The fourth-order valence-corrected chi connectivity index (χ4v) is 2.12. The van der Waals surface area contributed by atoms with E-state index in [-0.39, 0.29) is 0 Å². The molecule has 0 saturated heterocycles. The molecule has 3 rings (SSSR count). The van der Waals surface area contributed by atoms with Gasteiger partial charge in [0.15, 0.2) is 11.6 Å². The summed E-state index contributed by atoms with van der Waals surface area (Å²) >= 11 is 0. The first-order chi connectivity index (χ1) is 11.1. The predicted octanol–water partition coefficient (Wildman–Crippen LogP) is 3.56. The van der Waals surface area contributed by atoms with Crippen LogP contribution >= 0.6 is 0 Å². The number of anilines is 5. The summed E-state index contributed by atoms with van der Waals surface area (Å²) in [5.41, 5.74) is 10.9. The van der Waals surface area contributed by atoms with Gasteiger partial charge in [-0.05, 0) is 49.2 Å². The largest absolute Gasteiger partial charge is 0.393 e. The van der Waals surface area contributed by atoms with E-state index < -0.39 is 0 Å². The fraction of sp³-hybridized carbons (Fsp3) is 0.118. The normalized spacial score (nSPS) is 10.3. The molecule has 2 aromatic heterocycles. The maximum atomic E-state index is 6.18. The Morgan fingerprint density at radius 3 is 2.13 bits per heavy atom. The van der Waals surface area contributed by atoms with Gasteiger partial charge in [-0.2, -0.15) is 0 Å². The summed E-state index contributed by atoms with van der Waals surface area (Å²) in [6.07, 6.45) is 4.88. The van der Waals surface area contributed by atoms with E-state index in [1.54, 1.807) is 12.4 Å². The van der Waals surface area contributed by atoms with Gasteiger partial charge in [0, 0.05) is 23.8 Å². The van der Waals surface area contributed by atoms with Gasteiger partial charge in [-0.15, -0.1) is 0 Å². The Balaban J connectivity index is 1.86. The third-order valence-corrected chi connectivity index (χ3v) is 3.60. The molecule has 0 fully saturated rings. The second kappa shape index (κ2) is 6.31. The molecule has 0 saturated carbocycles. The molecule has 0 atom stereocenters. The lowest BCUT2D eigenvalue weighted by Crippen LogP contribution is -2.05. The number of nitrogens with two attached hydrogens (primary N) is 1. The molecular weight excluding hydrogens is 288 g/mol. The Labute approximate surface area is 134 Å². The number of hydrogen-bond donors (Lipinski definition) is 3. The molecule has 0 bridgehead atoms. The fourth-order valence-electron chi connectivity index (χ4n) is 2.12. The zero-order valence-corrected chi connectivity index (χ0v) is 13.0. The number of pyridine rings is 1. The van der Waals surface area contributed by atoms with Gasteiger partial charge in [0.1, 0.15) is 12.0 Å². The monoisotopic (exact) mass is 306 g/mol. The standard InChI is InChI=1S/C17H18N6/c1-11-3-4-14(9-12(11)2)23-17-15(18)16(20-10-21-17)22-13-5-7-19-8-6-13/h3-10H,18H2,1-2H3,(H2,19,20,21,22,23). The molecular formula is C17H18N6. The van der Waals surface area contributed by atoms with E-state index in [9.17, 15) is 0 Å². The summed E-state index contributed by atoms with van der Waals surface area (Å²) in [7, 11) is 0. The highest BCUT2D eigenvalue weighted by atomic mass is 15.1. The summed E-state index contributed by atoms with van der Waals surface area (Å²) in [5.74, 6) is 1.12. The predicted molar refractivity (Wildman–Crippen MR) is 93.2 cm³/mol. The van der Waals surface area contributed by atoms with Crippen molar-refractivity contribution in [2.75, 3.05) is 16.4 Å². The van der Waals surface area contributed by atoms with E-state index in [1.165, 1.54) is 17.5 Å². The van der Waals surface area contributed by atoms with Gasteiger partial charge in [-0.3, -0.25) is 4.98 Å². The van der Waals surface area contributed by atoms with Gasteiger partial charge in [0.25, 0.3) is 0 Å². The van der Waals surface area contributed by atoms with Crippen LogP contribution in [0.15, 0.2) is 49.1 Å². The van der Waals surface area contributed by atoms with Crippen molar-refractivity contribution >= 4 is 28.7 Å². The molecule has 116 valence electrons. The Hall–Kier alpha value is -3.15. The molecule has 0 aliphatic carbocycles. The van der Waals surface area contributed by atoms with Crippen molar-refractivity contribution < 1.29 is 0 Å². The number of benzene rings is 1. The Kier molecular flexibility index (Phi) is 4.05. The van der Waals surface area contributed by atoms with Crippen LogP contribution in [0.2, 0.25) is 0 Å². The molecule has 23 heavy (non-hydrogen) atoms. The van der Waals surface area contributed by atoms with Crippen LogP contribution < -0.4 is 16.4 Å². The minimum atomic E-state index is 0.461. The van der Waals surface area contributed by atoms with Crippen LogP contribution in [0.1, 0.15) is 11.1 Å². The van der Waals surface area contributed by atoms with Crippen LogP contribution in [-0.2, 0) is 0 Å². The topological polar surface area (TPSA) is 88.8 Å². The molecule has 4 N–H and O–H groups in total. The summed E-state index contributed by atoms with van der Waals surface area (Å²) in [4.78, 5) is 12.4. The van der Waals surface area contributed by atoms with Crippen LogP contribution in [0.4, 0.5) is 28.7 Å². The van der Waals surface area contributed by atoms with Crippen molar-refractivity contribution in [1.82, 2.24) is 15.0 Å². The first-order valence-corrected chi connectivity index (χ1v) is 7.25. The van der Waals surface area contributed by atoms with Gasteiger partial charge in [0.2, 0.25) is 0 Å². The summed E-state index contributed by atoms with van der Waals surface area (Å²) in [6, 6.07) is 9.81. The molecule has 0 radical (unpaired) electrons. The average Bonchev–Trinajstić information content (AvgIpc) is 2.56. The lowest BCUT2D eigenvalue weighted by atomic mass is 10.1. The molecule has 2 heterocycles. The van der Waals surface area contributed by atoms with Crippen molar-refractivity contribution in [3.63, 3.8) is 0 Å². The molecule has 1 aromatic carbocycles. The van der Waals surface area contributed by atoms with Crippen LogP contribution in [-0.4, -0.2) is 15.0 Å². The number of hydrogen-bond acceptors (Lipinski definition) is 6. The first kappa shape index (κ1) is 14.8. The molecule has 0 spiro atoms. The molecule has 6 heteroatoms. The maximum Gasteiger partial charge on any atom is 0.159 e. The summed E-state index contributed by atoms with van der Waals surface area (Å²) in [6.45, 7) is 4.15. The quantitative estimate of drug-likeness (QED) is 0.683. The van der Waals surface area contributed by atoms with Crippen molar-refractivity contribution in [2.24, 2.45) is 0 Å². The summed E-state index contributed by atoms with van der Waals surface area (Å²) in [5, 5.41) is 6.40. The van der Waals surface area contributed by atoms with Crippen molar-refractivity contribution in [3.05, 3.63) is 60.2 Å². The van der Waals surface area contributed by atoms with E-state index in [2.05, 4.69) is 51.6 Å². The summed E-state index contributed by atoms with van der Waals surface area (Å²) < 4.78 is 0. The number of aryl methyl sites for hydroxylation is 2.